The van der Waals surface area contributed by atoms with E-state index in [-0.39, 0.29) is 0 Å². The summed E-state index contributed by atoms with van der Waals surface area (Å²) >= 11 is -10.3. The topological polar surface area (TPSA) is 0 Å². The van der Waals surface area contributed by atoms with Crippen molar-refractivity contribution in [3.05, 3.63) is 0 Å². The molecule has 0 N–H and O–H groups in total. The average molecular weight is 896 g/mol. The van der Waals surface area contributed by atoms with Crippen LogP contribution in [0.4, 0.5) is 136 Å². The van der Waals surface area contributed by atoms with Crippen molar-refractivity contribution >= 4 is 19.8 Å². The van der Waals surface area contributed by atoms with Crippen LogP contribution in [0.3, 0.4) is 0 Å². The molecule has 0 bridgehead atoms. The molecule has 0 saturated carbocycles. The molecule has 0 aromatic carbocycles. The molecule has 0 unspecified atom stereocenters. The third-order valence-corrected chi connectivity index (χ3v) is 11.8. The van der Waals surface area contributed by atoms with Crippen molar-refractivity contribution in [2.75, 3.05) is 0 Å². The Morgan fingerprint density at radius 3 is 0.660 bits per heavy atom. The molecule has 47 heavy (non-hydrogen) atoms. The molecule has 0 aromatic heterocycles. The Labute approximate surface area is 239 Å². The molecule has 1 aliphatic rings. The molecule has 1 aliphatic heterocycles. The first-order valence-corrected chi connectivity index (χ1v) is 12.9. The molecular weight excluding hydrogens is 896 g/mol. The SMILES string of the molecule is FC(F)(F)C(F)(F)C(F)(F)C(F)(F)C(F)(F)C(F)(F)C(F)(F)C(F)(F)C(F)(F)C(F)(F)I1C(F)(F)C(F)(F)C(F)(F)C(F)(F)C1(F)F. The third kappa shape index (κ3) is 4.52. The van der Waals surface area contributed by atoms with Gasteiger partial charge in [-0.05, 0) is 0 Å². The van der Waals surface area contributed by atoms with Gasteiger partial charge in [-0.3, -0.25) is 0 Å². The summed E-state index contributed by atoms with van der Waals surface area (Å²) in [6.45, 7) is 0. The van der Waals surface area contributed by atoms with E-state index in [0.29, 0.717) is 0 Å². The summed E-state index contributed by atoms with van der Waals surface area (Å²) in [7, 11) is 0. The van der Waals surface area contributed by atoms with Gasteiger partial charge in [-0.2, -0.15) is 0 Å². The Morgan fingerprint density at radius 1 is 0.255 bits per heavy atom. The van der Waals surface area contributed by atoms with Crippen molar-refractivity contribution in [2.24, 2.45) is 0 Å². The first-order valence-electron chi connectivity index (χ1n) is 9.68. The van der Waals surface area contributed by atoms with Crippen LogP contribution in [-0.4, -0.2) is 83.1 Å². The zero-order valence-electron chi connectivity index (χ0n) is 19.6. The average Bonchev–Trinajstić information content (AvgIpc) is 2.80. The van der Waals surface area contributed by atoms with Gasteiger partial charge >= 0.3 is 239 Å². The van der Waals surface area contributed by atoms with Crippen LogP contribution in [0.25, 0.3) is 0 Å². The molecule has 0 aliphatic carbocycles. The third-order valence-electron chi connectivity index (χ3n) is 5.69. The van der Waals surface area contributed by atoms with Crippen LogP contribution in [0.5, 0.6) is 0 Å². The van der Waals surface area contributed by atoms with Crippen molar-refractivity contribution in [3.63, 3.8) is 0 Å². The summed E-state index contributed by atoms with van der Waals surface area (Å²) in [6, 6.07) is 0. The summed E-state index contributed by atoms with van der Waals surface area (Å²) in [4.78, 5) is 0. The van der Waals surface area contributed by atoms with Gasteiger partial charge in [0.25, 0.3) is 0 Å². The molecule has 1 fully saturated rings. The summed E-state index contributed by atoms with van der Waals surface area (Å²) in [5, 5.41) is 0. The number of alkyl halides is 34. The van der Waals surface area contributed by atoms with E-state index in [9.17, 15) is 136 Å². The van der Waals surface area contributed by atoms with Crippen molar-refractivity contribution in [1.82, 2.24) is 0 Å². The van der Waals surface area contributed by atoms with Crippen molar-refractivity contribution in [1.29, 1.82) is 0 Å². The van der Waals surface area contributed by atoms with Gasteiger partial charge < -0.3 is 0 Å². The molecule has 1 heterocycles. The second-order valence-corrected chi connectivity index (χ2v) is 14.3. The fourth-order valence-corrected chi connectivity index (χ4v) is 8.50. The second kappa shape index (κ2) is 10.1. The first kappa shape index (κ1) is 43.6. The predicted octanol–water partition coefficient (Wildman–Crippen LogP) is 10.8. The van der Waals surface area contributed by atoms with Crippen molar-refractivity contribution in [2.45, 2.75) is 83.1 Å². The maximum absolute atomic E-state index is 14.1. The Morgan fingerprint density at radius 2 is 0.447 bits per heavy atom. The Bertz CT molecular complexity index is 1170. The van der Waals surface area contributed by atoms with E-state index in [1.54, 1.807) is 0 Å². The number of rotatable bonds is 9. The quantitative estimate of drug-likeness (QED) is 0.123. The summed E-state index contributed by atoms with van der Waals surface area (Å²) in [5.74, 6) is -103. The van der Waals surface area contributed by atoms with Crippen LogP contribution < -0.4 is 0 Å². The Hall–Kier alpha value is -1.44. The van der Waals surface area contributed by atoms with Crippen molar-refractivity contribution < 1.29 is 136 Å². The monoisotopic (exact) mass is 896 g/mol. The zero-order chi connectivity index (χ0) is 39.1. The molecule has 284 valence electrons. The predicted molar refractivity (Wildman–Crippen MR) is 89.3 cm³/mol. The summed E-state index contributed by atoms with van der Waals surface area (Å²) < 4.78 is 389. The van der Waals surface area contributed by atoms with Crippen LogP contribution >= 0.6 is 19.8 Å². The fraction of sp³-hybridized carbons (Fsp3) is 1.00. The van der Waals surface area contributed by atoms with Gasteiger partial charge in [0.2, 0.25) is 0 Å². The zero-order valence-corrected chi connectivity index (χ0v) is 21.8. The molecule has 1 rings (SSSR count). The molecule has 0 aromatic rings. The molecule has 0 spiro atoms. The minimum atomic E-state index is -10.3. The second-order valence-electron chi connectivity index (χ2n) is 8.59. The number of hydrogen-bond acceptors (Lipinski definition) is 0. The van der Waals surface area contributed by atoms with E-state index in [0.717, 1.165) is 0 Å². The van der Waals surface area contributed by atoms with E-state index in [2.05, 4.69) is 0 Å². The van der Waals surface area contributed by atoms with Crippen LogP contribution in [0.1, 0.15) is 0 Å². The van der Waals surface area contributed by atoms with Gasteiger partial charge in [0.15, 0.2) is 0 Å². The van der Waals surface area contributed by atoms with Gasteiger partial charge in [0.1, 0.15) is 0 Å². The van der Waals surface area contributed by atoms with Gasteiger partial charge in [-0.25, -0.2) is 0 Å². The molecule has 1 saturated heterocycles. The standard InChI is InChI=1S/C15F31I/c16-1(17,3(20,21)5(24,25)8(30,31)12(38,39)40)2(18,19)4(22,23)6(26,27)9(32,33)13(41,42)47-14(43,44)10(34,35)7(28,29)11(36,37)15(47,45)46. The van der Waals surface area contributed by atoms with Crippen LogP contribution in [0.2, 0.25) is 0 Å². The fourth-order valence-electron chi connectivity index (χ4n) is 2.90. The Kier molecular flexibility index (Phi) is 9.35. The van der Waals surface area contributed by atoms with Crippen LogP contribution in [-0.2, 0) is 0 Å². The minimum absolute atomic E-state index is 8.32. The summed E-state index contributed by atoms with van der Waals surface area (Å²) in [6.07, 6.45) is -8.32. The number of hydrogen-bond donors (Lipinski definition) is 0. The molecule has 0 atom stereocenters. The van der Waals surface area contributed by atoms with Crippen LogP contribution in [0, 0.1) is 0 Å². The van der Waals surface area contributed by atoms with E-state index in [4.69, 9.17) is 0 Å². The van der Waals surface area contributed by atoms with Crippen LogP contribution in [0.15, 0.2) is 0 Å². The van der Waals surface area contributed by atoms with Gasteiger partial charge in [-0.15, -0.1) is 0 Å². The van der Waals surface area contributed by atoms with E-state index < -0.39 is 103 Å². The van der Waals surface area contributed by atoms with E-state index in [1.807, 2.05) is 0 Å². The van der Waals surface area contributed by atoms with E-state index in [1.165, 1.54) is 0 Å². The van der Waals surface area contributed by atoms with Gasteiger partial charge in [-0.1, -0.05) is 0 Å². The summed E-state index contributed by atoms with van der Waals surface area (Å²) in [5.41, 5.74) is 0. The Balaban J connectivity index is 4.12. The maximum atomic E-state index is 14.1. The normalized spacial score (nSPS) is 23.9. The van der Waals surface area contributed by atoms with Crippen molar-refractivity contribution in [3.8, 4) is 0 Å². The van der Waals surface area contributed by atoms with Gasteiger partial charge in [0.05, 0.1) is 0 Å². The first-order chi connectivity index (χ1) is 19.6. The van der Waals surface area contributed by atoms with Gasteiger partial charge in [0, 0.05) is 0 Å². The molecule has 32 heteroatoms. The molecule has 0 radical (unpaired) electrons. The molecule has 0 amide bonds. The van der Waals surface area contributed by atoms with E-state index >= 15 is 0 Å². The number of halogens is 32. The molecular formula is C15F31I. The molecule has 0 nitrogen and oxygen atoms in total.